The van der Waals surface area contributed by atoms with E-state index in [1.165, 1.54) is 0 Å². The van der Waals surface area contributed by atoms with E-state index in [9.17, 15) is 4.79 Å². The highest BCUT2D eigenvalue weighted by molar-refractivity contribution is 6.20. The van der Waals surface area contributed by atoms with Crippen molar-refractivity contribution < 1.29 is 4.79 Å². The number of hydrogen-bond acceptors (Lipinski definition) is 5. The molecule has 1 aromatic rings. The predicted molar refractivity (Wildman–Crippen MR) is 65.6 cm³/mol. The standard InChI is InChI=1S/C12H7N5O/c18-11-12(8-3-1-2-4-9(8)15-11)13-5-7-6-14-17-10(7)16-12/h1-6H,(H,15,18). The van der Waals surface area contributed by atoms with Gasteiger partial charge >= 0.3 is 0 Å². The molecule has 0 aromatic heterocycles. The summed E-state index contributed by atoms with van der Waals surface area (Å²) in [7, 11) is 0. The second kappa shape index (κ2) is 2.98. The lowest BCUT2D eigenvalue weighted by atomic mass is 10.0. The number of nitrogens with zero attached hydrogens (tertiary/aromatic N) is 4. The van der Waals surface area contributed by atoms with Crippen LogP contribution in [0.1, 0.15) is 5.56 Å². The summed E-state index contributed by atoms with van der Waals surface area (Å²) in [5, 5.41) is 10.5. The molecular weight excluding hydrogens is 230 g/mol. The molecule has 3 heterocycles. The van der Waals surface area contributed by atoms with Crippen LogP contribution in [0.2, 0.25) is 0 Å². The third-order valence-electron chi connectivity index (χ3n) is 3.13. The Bertz CT molecular complexity index is 700. The highest BCUT2D eigenvalue weighted by Gasteiger charge is 2.48. The number of hydrogen-bond donors (Lipinski definition) is 1. The van der Waals surface area contributed by atoms with Crippen LogP contribution in [0, 0.1) is 0 Å². The number of para-hydroxylation sites is 1. The summed E-state index contributed by atoms with van der Waals surface area (Å²) in [6.45, 7) is 0. The molecule has 86 valence electrons. The first-order valence-corrected chi connectivity index (χ1v) is 5.47. The number of azo groups is 1. The molecule has 1 spiro atoms. The van der Waals surface area contributed by atoms with Crippen molar-refractivity contribution >= 4 is 23.6 Å². The molecule has 0 saturated carbocycles. The number of rotatable bonds is 0. The van der Waals surface area contributed by atoms with Crippen molar-refractivity contribution in [1.82, 2.24) is 0 Å². The van der Waals surface area contributed by atoms with Gasteiger partial charge in [-0.2, -0.15) is 5.11 Å². The quantitative estimate of drug-likeness (QED) is 0.731. The van der Waals surface area contributed by atoms with Crippen molar-refractivity contribution in [2.75, 3.05) is 5.32 Å². The van der Waals surface area contributed by atoms with Crippen LogP contribution in [0.25, 0.3) is 0 Å². The molecule has 0 saturated heterocycles. The van der Waals surface area contributed by atoms with Gasteiger partial charge in [-0.05, 0) is 6.07 Å². The van der Waals surface area contributed by atoms with Gasteiger partial charge in [0.25, 0.3) is 11.6 Å². The van der Waals surface area contributed by atoms with Gasteiger partial charge in [0.2, 0.25) is 0 Å². The number of aliphatic imine (C=N–C) groups is 2. The van der Waals surface area contributed by atoms with Gasteiger partial charge in [0.1, 0.15) is 0 Å². The Labute approximate surface area is 102 Å². The summed E-state index contributed by atoms with van der Waals surface area (Å²) in [5.41, 5.74) is 0.996. The Hall–Kier alpha value is -2.63. The summed E-state index contributed by atoms with van der Waals surface area (Å²) >= 11 is 0. The van der Waals surface area contributed by atoms with E-state index in [0.29, 0.717) is 5.84 Å². The molecule has 0 fully saturated rings. The second-order valence-corrected chi connectivity index (χ2v) is 4.17. The topological polar surface area (TPSA) is 78.5 Å². The predicted octanol–water partition coefficient (Wildman–Crippen LogP) is 1.62. The average molecular weight is 237 g/mol. The minimum absolute atomic E-state index is 0.256. The number of amides is 1. The van der Waals surface area contributed by atoms with Gasteiger partial charge in [-0.1, -0.05) is 18.2 Å². The van der Waals surface area contributed by atoms with Crippen molar-refractivity contribution in [3.8, 4) is 0 Å². The van der Waals surface area contributed by atoms with Crippen molar-refractivity contribution in [2.45, 2.75) is 5.66 Å². The molecule has 6 heteroatoms. The summed E-state index contributed by atoms with van der Waals surface area (Å²) in [6.07, 6.45) is 3.18. The summed E-state index contributed by atoms with van der Waals surface area (Å²) < 4.78 is 0. The van der Waals surface area contributed by atoms with E-state index in [0.717, 1.165) is 16.8 Å². The Balaban J connectivity index is 1.98. The molecule has 6 nitrogen and oxygen atoms in total. The highest BCUT2D eigenvalue weighted by atomic mass is 16.2. The third kappa shape index (κ3) is 0.994. The van der Waals surface area contributed by atoms with E-state index < -0.39 is 5.66 Å². The van der Waals surface area contributed by atoms with E-state index in [2.05, 4.69) is 25.5 Å². The molecule has 18 heavy (non-hydrogen) atoms. The third-order valence-corrected chi connectivity index (χ3v) is 3.13. The molecule has 1 aromatic carbocycles. The molecule has 1 amide bonds. The maximum atomic E-state index is 12.2. The van der Waals surface area contributed by atoms with Gasteiger partial charge in [0.15, 0.2) is 5.84 Å². The number of benzene rings is 1. The molecule has 1 unspecified atom stereocenters. The van der Waals surface area contributed by atoms with E-state index in [4.69, 9.17) is 0 Å². The molecule has 1 N–H and O–H groups in total. The van der Waals surface area contributed by atoms with E-state index >= 15 is 0 Å². The molecule has 4 rings (SSSR count). The number of carbonyl (C=O) groups excluding carboxylic acids is 1. The van der Waals surface area contributed by atoms with Crippen LogP contribution in [0.5, 0.6) is 0 Å². The zero-order valence-corrected chi connectivity index (χ0v) is 9.16. The normalized spacial score (nSPS) is 26.8. The van der Waals surface area contributed by atoms with Crippen LogP contribution >= 0.6 is 0 Å². The van der Waals surface area contributed by atoms with Crippen LogP contribution in [0.3, 0.4) is 0 Å². The van der Waals surface area contributed by atoms with Crippen LogP contribution < -0.4 is 5.32 Å². The van der Waals surface area contributed by atoms with Gasteiger partial charge in [-0.3, -0.25) is 4.79 Å². The van der Waals surface area contributed by atoms with Gasteiger partial charge in [0.05, 0.1) is 11.8 Å². The largest absolute Gasteiger partial charge is 0.321 e. The van der Waals surface area contributed by atoms with E-state index in [1.54, 1.807) is 12.4 Å². The fourth-order valence-corrected chi connectivity index (χ4v) is 2.25. The Kier molecular flexibility index (Phi) is 1.56. The van der Waals surface area contributed by atoms with Gasteiger partial charge in [0, 0.05) is 17.5 Å². The van der Waals surface area contributed by atoms with Crippen molar-refractivity contribution in [3.05, 3.63) is 41.6 Å². The smallest absolute Gasteiger partial charge is 0.279 e. The minimum atomic E-state index is -1.23. The minimum Gasteiger partial charge on any atom is -0.321 e. The summed E-state index contributed by atoms with van der Waals surface area (Å²) in [5.74, 6) is 0.199. The monoisotopic (exact) mass is 237 g/mol. The van der Waals surface area contributed by atoms with Crippen LogP contribution in [-0.2, 0) is 10.5 Å². The molecule has 3 aliphatic heterocycles. The molecule has 3 aliphatic rings. The lowest BCUT2D eigenvalue weighted by molar-refractivity contribution is -0.120. The maximum absolute atomic E-state index is 12.2. The highest BCUT2D eigenvalue weighted by Crippen LogP contribution is 2.42. The fourth-order valence-electron chi connectivity index (χ4n) is 2.25. The summed E-state index contributed by atoms with van der Waals surface area (Å²) in [4.78, 5) is 20.9. The maximum Gasteiger partial charge on any atom is 0.279 e. The van der Waals surface area contributed by atoms with Gasteiger partial charge in [-0.15, -0.1) is 5.11 Å². The average Bonchev–Trinajstić information content (AvgIpc) is 2.95. The number of fused-ring (bicyclic) bond motifs is 3. The van der Waals surface area contributed by atoms with Crippen LogP contribution in [0.15, 0.2) is 56.3 Å². The lowest BCUT2D eigenvalue weighted by Gasteiger charge is -2.21. The van der Waals surface area contributed by atoms with Crippen LogP contribution in [0.4, 0.5) is 5.69 Å². The zero-order chi connectivity index (χ0) is 12.2. The number of carbonyl (C=O) groups is 1. The number of nitrogens with one attached hydrogen (secondary N) is 1. The first-order chi connectivity index (χ1) is 8.79. The fraction of sp³-hybridized carbons (Fsp3) is 0.0833. The molecule has 0 radical (unpaired) electrons. The number of amidine groups is 1. The van der Waals surface area contributed by atoms with E-state index in [1.807, 2.05) is 24.3 Å². The van der Waals surface area contributed by atoms with Crippen molar-refractivity contribution in [3.63, 3.8) is 0 Å². The van der Waals surface area contributed by atoms with Crippen molar-refractivity contribution in [1.29, 1.82) is 0 Å². The summed E-state index contributed by atoms with van der Waals surface area (Å²) in [6, 6.07) is 7.39. The van der Waals surface area contributed by atoms with Crippen molar-refractivity contribution in [2.24, 2.45) is 20.2 Å². The molecule has 1 atom stereocenters. The first-order valence-electron chi connectivity index (χ1n) is 5.47. The molecule has 0 bridgehead atoms. The van der Waals surface area contributed by atoms with Gasteiger partial charge < -0.3 is 5.32 Å². The number of anilines is 1. The Morgan fingerprint density at radius 3 is 3.06 bits per heavy atom. The van der Waals surface area contributed by atoms with Crippen LogP contribution in [-0.4, -0.2) is 18.0 Å². The Morgan fingerprint density at radius 1 is 1.22 bits per heavy atom. The van der Waals surface area contributed by atoms with E-state index in [-0.39, 0.29) is 5.91 Å². The lowest BCUT2D eigenvalue weighted by Crippen LogP contribution is -2.34. The molecule has 0 aliphatic carbocycles. The second-order valence-electron chi connectivity index (χ2n) is 4.17. The zero-order valence-electron chi connectivity index (χ0n) is 9.16. The molecular formula is C12H7N5O. The SMILES string of the molecule is O=C1Nc2ccccc2C12N=CC1=CN=NC1=N2. The first kappa shape index (κ1) is 9.41. The van der Waals surface area contributed by atoms with Gasteiger partial charge in [-0.25, -0.2) is 9.98 Å². The Morgan fingerprint density at radius 2 is 2.11 bits per heavy atom.